The molecule has 174 valence electrons. The fourth-order valence-corrected chi connectivity index (χ4v) is 5.16. The second kappa shape index (κ2) is 8.68. The van der Waals surface area contributed by atoms with Crippen molar-refractivity contribution in [3.05, 3.63) is 71.3 Å². The first-order valence-electron chi connectivity index (χ1n) is 10.4. The standard InChI is InChI=1S/C23H27N5O3S2/c1-14-12-17(15(2)27(14)3)22-21(19-8-6-7-11-24-19)25-23(32)28(22)16-9-10-18(20(13-16)31-4)26-33(5,29)30/h6-13,21-22,26H,1-5H3,(H,25,32)/t21-,22+/m1/s1. The average Bonchev–Trinajstić information content (AvgIpc) is 3.24. The molecule has 1 aliphatic heterocycles. The summed E-state index contributed by atoms with van der Waals surface area (Å²) in [5.74, 6) is 0.404. The van der Waals surface area contributed by atoms with Crippen LogP contribution in [0, 0.1) is 13.8 Å². The van der Waals surface area contributed by atoms with E-state index in [9.17, 15) is 8.42 Å². The number of rotatable bonds is 6. The Hall–Kier alpha value is -3.11. The molecule has 0 radical (unpaired) electrons. The molecular formula is C23H27N5O3S2. The molecule has 1 aliphatic rings. The van der Waals surface area contributed by atoms with Crippen molar-refractivity contribution in [2.45, 2.75) is 25.9 Å². The fraction of sp³-hybridized carbons (Fsp3) is 0.304. The molecule has 3 heterocycles. The zero-order chi connectivity index (χ0) is 23.9. The molecule has 8 nitrogen and oxygen atoms in total. The van der Waals surface area contributed by atoms with Crippen molar-refractivity contribution in [3.63, 3.8) is 0 Å². The van der Waals surface area contributed by atoms with Crippen LogP contribution in [0.25, 0.3) is 0 Å². The van der Waals surface area contributed by atoms with Gasteiger partial charge in [0.05, 0.1) is 36.8 Å². The number of nitrogens with zero attached hydrogens (tertiary/aromatic N) is 3. The largest absolute Gasteiger partial charge is 0.494 e. The van der Waals surface area contributed by atoms with Crippen molar-refractivity contribution >= 4 is 38.7 Å². The molecule has 1 saturated heterocycles. The van der Waals surface area contributed by atoms with Gasteiger partial charge in [-0.25, -0.2) is 8.42 Å². The number of pyridine rings is 1. The minimum absolute atomic E-state index is 0.161. The SMILES string of the molecule is COc1cc(N2C(=S)N[C@H](c3ccccn3)[C@@H]2c2cc(C)n(C)c2C)ccc1NS(C)(=O)=O. The molecule has 1 aromatic carbocycles. The molecule has 0 saturated carbocycles. The van der Waals surface area contributed by atoms with E-state index in [2.05, 4.69) is 39.5 Å². The van der Waals surface area contributed by atoms with E-state index in [1.807, 2.05) is 36.2 Å². The van der Waals surface area contributed by atoms with Gasteiger partial charge in [-0.1, -0.05) is 6.07 Å². The van der Waals surface area contributed by atoms with Crippen LogP contribution in [0.1, 0.15) is 34.7 Å². The van der Waals surface area contributed by atoms with E-state index in [4.69, 9.17) is 17.0 Å². The summed E-state index contributed by atoms with van der Waals surface area (Å²) in [4.78, 5) is 6.63. The first kappa shape index (κ1) is 23.1. The first-order valence-corrected chi connectivity index (χ1v) is 12.7. The number of methoxy groups -OCH3 is 1. The molecule has 2 atom stereocenters. The van der Waals surface area contributed by atoms with E-state index in [1.54, 1.807) is 18.3 Å². The van der Waals surface area contributed by atoms with Crippen molar-refractivity contribution in [1.29, 1.82) is 0 Å². The van der Waals surface area contributed by atoms with Crippen LogP contribution in [0.2, 0.25) is 0 Å². The Kier molecular flexibility index (Phi) is 6.06. The normalized spacial score (nSPS) is 18.3. The molecule has 2 aromatic heterocycles. The van der Waals surface area contributed by atoms with E-state index in [-0.39, 0.29) is 12.1 Å². The van der Waals surface area contributed by atoms with Gasteiger partial charge in [0, 0.05) is 36.4 Å². The minimum atomic E-state index is -3.45. The highest BCUT2D eigenvalue weighted by molar-refractivity contribution is 7.92. The quantitative estimate of drug-likeness (QED) is 0.516. The lowest BCUT2D eigenvalue weighted by atomic mass is 9.96. The molecule has 0 amide bonds. The summed E-state index contributed by atoms with van der Waals surface area (Å²) in [6.07, 6.45) is 2.88. The number of thiocarbonyl (C=S) groups is 1. The number of anilines is 2. The summed E-state index contributed by atoms with van der Waals surface area (Å²) in [6.45, 7) is 4.17. The molecule has 0 unspecified atom stereocenters. The molecule has 1 fully saturated rings. The average molecular weight is 486 g/mol. The number of sulfonamides is 1. The van der Waals surface area contributed by atoms with Crippen molar-refractivity contribution in [1.82, 2.24) is 14.9 Å². The summed E-state index contributed by atoms with van der Waals surface area (Å²) >= 11 is 5.79. The highest BCUT2D eigenvalue weighted by Crippen LogP contribution is 2.44. The van der Waals surface area contributed by atoms with Crippen LogP contribution in [0.15, 0.2) is 48.7 Å². The van der Waals surface area contributed by atoms with E-state index in [0.717, 1.165) is 34.6 Å². The third-order valence-electron chi connectivity index (χ3n) is 5.99. The van der Waals surface area contributed by atoms with Crippen LogP contribution < -0.4 is 19.7 Å². The van der Waals surface area contributed by atoms with E-state index >= 15 is 0 Å². The molecule has 0 spiro atoms. The third-order valence-corrected chi connectivity index (χ3v) is 6.89. The molecule has 0 bridgehead atoms. The Labute approximate surface area is 199 Å². The summed E-state index contributed by atoms with van der Waals surface area (Å²) in [5, 5.41) is 4.00. The Balaban J connectivity index is 1.85. The number of aromatic nitrogens is 2. The van der Waals surface area contributed by atoms with E-state index in [1.165, 1.54) is 7.11 Å². The summed E-state index contributed by atoms with van der Waals surface area (Å²) < 4.78 is 33.7. The van der Waals surface area contributed by atoms with Crippen molar-refractivity contribution < 1.29 is 13.2 Å². The van der Waals surface area contributed by atoms with Crippen molar-refractivity contribution in [2.24, 2.45) is 7.05 Å². The molecule has 10 heteroatoms. The van der Waals surface area contributed by atoms with Gasteiger partial charge < -0.3 is 19.5 Å². The van der Waals surface area contributed by atoms with Crippen LogP contribution in [-0.4, -0.2) is 36.4 Å². The van der Waals surface area contributed by atoms with Gasteiger partial charge in [0.1, 0.15) is 5.75 Å². The predicted octanol–water partition coefficient (Wildman–Crippen LogP) is 3.59. The Morgan fingerprint density at radius 1 is 1.18 bits per heavy atom. The zero-order valence-corrected chi connectivity index (χ0v) is 20.8. The predicted molar refractivity (Wildman–Crippen MR) is 134 cm³/mol. The van der Waals surface area contributed by atoms with Crippen molar-refractivity contribution in [2.75, 3.05) is 23.0 Å². The maximum absolute atomic E-state index is 11.8. The number of aryl methyl sites for hydroxylation is 1. The third kappa shape index (κ3) is 4.40. The maximum atomic E-state index is 11.8. The Morgan fingerprint density at radius 2 is 1.94 bits per heavy atom. The highest BCUT2D eigenvalue weighted by atomic mass is 32.2. The van der Waals surface area contributed by atoms with Gasteiger partial charge in [0.2, 0.25) is 10.0 Å². The van der Waals surface area contributed by atoms with E-state index in [0.29, 0.717) is 16.5 Å². The van der Waals surface area contributed by atoms with E-state index < -0.39 is 10.0 Å². The lowest BCUT2D eigenvalue weighted by Crippen LogP contribution is -2.29. The number of nitrogens with one attached hydrogen (secondary N) is 2. The van der Waals surface area contributed by atoms with Crippen LogP contribution >= 0.6 is 12.2 Å². The number of benzene rings is 1. The summed E-state index contributed by atoms with van der Waals surface area (Å²) in [7, 11) is 0.0999. The smallest absolute Gasteiger partial charge is 0.229 e. The van der Waals surface area contributed by atoms with Crippen LogP contribution in [-0.2, 0) is 17.1 Å². The van der Waals surface area contributed by atoms with Crippen LogP contribution in [0.4, 0.5) is 11.4 Å². The fourth-order valence-electron chi connectivity index (χ4n) is 4.25. The molecule has 2 N–H and O–H groups in total. The molecule has 4 rings (SSSR count). The van der Waals surface area contributed by atoms with Crippen LogP contribution in [0.3, 0.4) is 0 Å². The Morgan fingerprint density at radius 3 is 2.52 bits per heavy atom. The van der Waals surface area contributed by atoms with Gasteiger partial charge in [-0.15, -0.1) is 0 Å². The molecule has 33 heavy (non-hydrogen) atoms. The van der Waals surface area contributed by atoms with Gasteiger partial charge in [-0.3, -0.25) is 9.71 Å². The van der Waals surface area contributed by atoms with Gasteiger partial charge >= 0.3 is 0 Å². The summed E-state index contributed by atoms with van der Waals surface area (Å²) in [5.41, 5.74) is 5.45. The van der Waals surface area contributed by atoms with Gasteiger partial charge in [0.25, 0.3) is 0 Å². The maximum Gasteiger partial charge on any atom is 0.229 e. The topological polar surface area (TPSA) is 88.5 Å². The summed E-state index contributed by atoms with van der Waals surface area (Å²) in [6, 6.07) is 13.0. The Bertz CT molecular complexity index is 1310. The zero-order valence-electron chi connectivity index (χ0n) is 19.2. The van der Waals surface area contributed by atoms with Gasteiger partial charge in [-0.2, -0.15) is 0 Å². The molecule has 0 aliphatic carbocycles. The molecular weight excluding hydrogens is 458 g/mol. The molecule has 3 aromatic rings. The number of hydrogen-bond acceptors (Lipinski definition) is 5. The second-order valence-corrected chi connectivity index (χ2v) is 10.3. The van der Waals surface area contributed by atoms with Gasteiger partial charge in [-0.05, 0) is 62.0 Å². The van der Waals surface area contributed by atoms with Crippen molar-refractivity contribution in [3.8, 4) is 5.75 Å². The lowest BCUT2D eigenvalue weighted by molar-refractivity contribution is 0.417. The highest BCUT2D eigenvalue weighted by Gasteiger charge is 2.42. The number of hydrogen-bond donors (Lipinski definition) is 2. The monoisotopic (exact) mass is 485 g/mol. The van der Waals surface area contributed by atoms with Gasteiger partial charge in [0.15, 0.2) is 5.11 Å². The lowest BCUT2D eigenvalue weighted by Gasteiger charge is -2.28. The second-order valence-electron chi connectivity index (χ2n) is 8.14. The first-order chi connectivity index (χ1) is 15.6. The minimum Gasteiger partial charge on any atom is -0.494 e. The van der Waals surface area contributed by atoms with Crippen LogP contribution in [0.5, 0.6) is 5.75 Å². The number of ether oxygens (including phenoxy) is 1.